The summed E-state index contributed by atoms with van der Waals surface area (Å²) in [5, 5.41) is 1.93. The van der Waals surface area contributed by atoms with Gasteiger partial charge in [0.25, 0.3) is 0 Å². The summed E-state index contributed by atoms with van der Waals surface area (Å²) in [6.07, 6.45) is 0.649. The molecule has 0 saturated carbocycles. The number of methoxy groups -OCH3 is 1. The molecule has 1 aliphatic rings. The Balaban J connectivity index is 2.21. The Bertz CT molecular complexity index is 731. The van der Waals surface area contributed by atoms with Crippen LogP contribution in [-0.2, 0) is 24.4 Å². The Labute approximate surface area is 135 Å². The first-order valence-corrected chi connectivity index (χ1v) is 10.6. The molecule has 6 nitrogen and oxygen atoms in total. The van der Waals surface area contributed by atoms with Crippen LogP contribution in [0.5, 0.6) is 0 Å². The second-order valence-corrected chi connectivity index (χ2v) is 9.84. The van der Waals surface area contributed by atoms with Gasteiger partial charge in [-0.3, -0.25) is 0 Å². The fraction of sp³-hybridized carbons (Fsp3) is 0.571. The maximum atomic E-state index is 13.0. The van der Waals surface area contributed by atoms with Crippen molar-refractivity contribution in [3.05, 3.63) is 30.1 Å². The molecule has 1 saturated heterocycles. The van der Waals surface area contributed by atoms with Gasteiger partial charge < -0.3 is 10.1 Å². The lowest BCUT2D eigenvalue weighted by Crippen LogP contribution is -2.43. The van der Waals surface area contributed by atoms with Gasteiger partial charge in [0.15, 0.2) is 19.7 Å². The average molecular weight is 365 g/mol. The van der Waals surface area contributed by atoms with E-state index < -0.39 is 42.5 Å². The number of hydrogen-bond acceptors (Lipinski definition) is 6. The second kappa shape index (κ2) is 7.25. The predicted octanol–water partition coefficient (Wildman–Crippen LogP) is 0.391. The van der Waals surface area contributed by atoms with E-state index in [1.54, 1.807) is 7.11 Å². The van der Waals surface area contributed by atoms with Gasteiger partial charge in [-0.2, -0.15) is 0 Å². The first kappa shape index (κ1) is 18.3. The van der Waals surface area contributed by atoms with Gasteiger partial charge in [-0.05, 0) is 37.2 Å². The van der Waals surface area contributed by atoms with Crippen molar-refractivity contribution in [2.45, 2.75) is 22.6 Å². The van der Waals surface area contributed by atoms with Crippen molar-refractivity contribution in [1.82, 2.24) is 5.32 Å². The summed E-state index contributed by atoms with van der Waals surface area (Å²) in [5.41, 5.74) is 0. The maximum Gasteiger partial charge on any atom is 0.183 e. The Hall–Kier alpha value is -1.03. The van der Waals surface area contributed by atoms with Gasteiger partial charge in [-0.1, -0.05) is 0 Å². The topological polar surface area (TPSA) is 89.5 Å². The number of halogens is 1. The van der Waals surface area contributed by atoms with Crippen molar-refractivity contribution in [2.24, 2.45) is 0 Å². The summed E-state index contributed by atoms with van der Waals surface area (Å²) in [6, 6.07) is 3.76. The van der Waals surface area contributed by atoms with Crippen molar-refractivity contribution in [2.75, 3.05) is 31.8 Å². The average Bonchev–Trinajstić information content (AvgIpc) is 2.80. The molecule has 1 fully saturated rings. The van der Waals surface area contributed by atoms with E-state index in [2.05, 4.69) is 5.32 Å². The van der Waals surface area contributed by atoms with Gasteiger partial charge >= 0.3 is 0 Å². The van der Waals surface area contributed by atoms with Crippen LogP contribution < -0.4 is 5.32 Å². The lowest BCUT2D eigenvalue weighted by molar-refractivity contribution is 0.193. The van der Waals surface area contributed by atoms with Crippen LogP contribution >= 0.6 is 0 Å². The summed E-state index contributed by atoms with van der Waals surface area (Å²) in [6.45, 7) is 0.964. The molecule has 1 aromatic rings. The molecule has 0 aromatic heterocycles. The zero-order chi connectivity index (χ0) is 17.1. The number of rotatable bonds is 7. The minimum atomic E-state index is -3.86. The number of hydrogen-bond donors (Lipinski definition) is 1. The number of ether oxygens (including phenoxy) is 1. The monoisotopic (exact) mass is 365 g/mol. The lowest BCUT2D eigenvalue weighted by atomic mass is 10.2. The molecule has 130 valence electrons. The van der Waals surface area contributed by atoms with Crippen LogP contribution in [0, 0.1) is 5.82 Å². The predicted molar refractivity (Wildman–Crippen MR) is 84.3 cm³/mol. The van der Waals surface area contributed by atoms with Crippen LogP contribution in [0.1, 0.15) is 6.42 Å². The lowest BCUT2D eigenvalue weighted by Gasteiger charge is -2.20. The SMILES string of the molecule is COCCCN[C@H]1CS(=O)(=O)C[C@@H]1S(=O)(=O)c1ccc(F)cc1. The summed E-state index contributed by atoms with van der Waals surface area (Å²) in [5.74, 6) is -1.18. The Morgan fingerprint density at radius 1 is 1.26 bits per heavy atom. The van der Waals surface area contributed by atoms with Crippen LogP contribution in [0.15, 0.2) is 29.2 Å². The van der Waals surface area contributed by atoms with E-state index in [0.29, 0.717) is 19.6 Å². The summed E-state index contributed by atoms with van der Waals surface area (Å²) >= 11 is 0. The van der Waals surface area contributed by atoms with E-state index in [1.165, 1.54) is 0 Å². The molecule has 0 aliphatic carbocycles. The van der Waals surface area contributed by atoms with Gasteiger partial charge in [0.2, 0.25) is 0 Å². The van der Waals surface area contributed by atoms with Crippen molar-refractivity contribution in [1.29, 1.82) is 0 Å². The van der Waals surface area contributed by atoms with Crippen LogP contribution in [-0.4, -0.2) is 59.9 Å². The second-order valence-electron chi connectivity index (χ2n) is 5.52. The molecule has 1 aromatic carbocycles. The van der Waals surface area contributed by atoms with E-state index in [1.807, 2.05) is 0 Å². The normalized spacial score (nSPS) is 23.9. The Morgan fingerprint density at radius 2 is 1.91 bits per heavy atom. The number of nitrogens with one attached hydrogen (secondary N) is 1. The Kier molecular flexibility index (Phi) is 5.77. The first-order valence-electron chi connectivity index (χ1n) is 7.18. The standard InChI is InChI=1S/C14H20FNO5S2/c1-21-8-2-7-16-13-9-22(17,18)10-14(13)23(19,20)12-5-3-11(15)4-6-12/h3-6,13-14,16H,2,7-10H2,1H3/t13-,14-/m0/s1. The minimum Gasteiger partial charge on any atom is -0.385 e. The summed E-state index contributed by atoms with van der Waals surface area (Å²) < 4.78 is 67.0. The van der Waals surface area contributed by atoms with Gasteiger partial charge in [0, 0.05) is 19.8 Å². The highest BCUT2D eigenvalue weighted by atomic mass is 32.2. The van der Waals surface area contributed by atoms with Crippen LogP contribution in [0.2, 0.25) is 0 Å². The van der Waals surface area contributed by atoms with Crippen molar-refractivity contribution in [3.63, 3.8) is 0 Å². The van der Waals surface area contributed by atoms with Gasteiger partial charge in [-0.25, -0.2) is 21.2 Å². The van der Waals surface area contributed by atoms with Gasteiger partial charge in [-0.15, -0.1) is 0 Å². The summed E-state index contributed by atoms with van der Waals surface area (Å²) in [7, 11) is -5.73. The maximum absolute atomic E-state index is 13.0. The highest BCUT2D eigenvalue weighted by Crippen LogP contribution is 2.26. The van der Waals surface area contributed by atoms with Crippen molar-refractivity contribution < 1.29 is 26.0 Å². The molecule has 2 rings (SSSR count). The fourth-order valence-electron chi connectivity index (χ4n) is 2.61. The number of sulfone groups is 2. The minimum absolute atomic E-state index is 0.0651. The zero-order valence-electron chi connectivity index (χ0n) is 12.7. The van der Waals surface area contributed by atoms with Crippen molar-refractivity contribution in [3.8, 4) is 0 Å². The molecule has 1 N–H and O–H groups in total. The first-order chi connectivity index (χ1) is 10.8. The summed E-state index contributed by atoms with van der Waals surface area (Å²) in [4.78, 5) is -0.0651. The molecule has 0 spiro atoms. The number of benzene rings is 1. The third kappa shape index (κ3) is 4.50. The molecule has 0 radical (unpaired) electrons. The van der Waals surface area contributed by atoms with E-state index in [-0.39, 0.29) is 10.6 Å². The highest BCUT2D eigenvalue weighted by Gasteiger charge is 2.45. The zero-order valence-corrected chi connectivity index (χ0v) is 14.4. The third-order valence-electron chi connectivity index (χ3n) is 3.77. The molecule has 9 heteroatoms. The smallest absolute Gasteiger partial charge is 0.183 e. The molecule has 0 unspecified atom stereocenters. The van der Waals surface area contributed by atoms with E-state index in [9.17, 15) is 21.2 Å². The van der Waals surface area contributed by atoms with Crippen LogP contribution in [0.25, 0.3) is 0 Å². The largest absolute Gasteiger partial charge is 0.385 e. The molecule has 0 amide bonds. The van der Waals surface area contributed by atoms with Crippen LogP contribution in [0.4, 0.5) is 4.39 Å². The van der Waals surface area contributed by atoms with Crippen molar-refractivity contribution >= 4 is 19.7 Å². The van der Waals surface area contributed by atoms with Crippen LogP contribution in [0.3, 0.4) is 0 Å². The van der Waals surface area contributed by atoms with E-state index >= 15 is 0 Å². The van der Waals surface area contributed by atoms with E-state index in [0.717, 1.165) is 24.3 Å². The molecule has 23 heavy (non-hydrogen) atoms. The molecular weight excluding hydrogens is 345 g/mol. The van der Waals surface area contributed by atoms with Gasteiger partial charge in [0.1, 0.15) is 5.82 Å². The van der Waals surface area contributed by atoms with Gasteiger partial charge in [0.05, 0.1) is 21.7 Å². The highest BCUT2D eigenvalue weighted by molar-refractivity contribution is 7.96. The molecule has 2 atom stereocenters. The molecule has 1 heterocycles. The third-order valence-corrected chi connectivity index (χ3v) is 7.94. The quantitative estimate of drug-likeness (QED) is 0.555. The fourth-order valence-corrected chi connectivity index (χ4v) is 7.33. The molecular formula is C14H20FNO5S2. The Morgan fingerprint density at radius 3 is 2.52 bits per heavy atom. The van der Waals surface area contributed by atoms with E-state index in [4.69, 9.17) is 4.74 Å². The molecule has 1 aliphatic heterocycles. The molecule has 0 bridgehead atoms.